The minimum Gasteiger partial charge on any atom is -0.479 e. The maximum atomic E-state index is 12.4. The fourth-order valence-corrected chi connectivity index (χ4v) is 3.00. The summed E-state index contributed by atoms with van der Waals surface area (Å²) in [4.78, 5) is 23.2. The number of carbonyl (C=O) groups excluding carboxylic acids is 1. The molecule has 1 aliphatic heterocycles. The molecule has 0 bridgehead atoms. The Bertz CT molecular complexity index is 596. The summed E-state index contributed by atoms with van der Waals surface area (Å²) in [5.74, 6) is 0.166. The Hall–Kier alpha value is -1.86. The lowest BCUT2D eigenvalue weighted by Gasteiger charge is -2.22. The summed E-state index contributed by atoms with van der Waals surface area (Å²) in [5.41, 5.74) is 0.0905. The molecule has 1 unspecified atom stereocenters. The zero-order chi connectivity index (χ0) is 17.5. The third kappa shape index (κ3) is 4.36. The van der Waals surface area contributed by atoms with E-state index in [0.717, 1.165) is 25.9 Å². The first-order chi connectivity index (χ1) is 11.6. The topological polar surface area (TPSA) is 79.4 Å². The van der Waals surface area contributed by atoms with Crippen LogP contribution in [0.1, 0.15) is 30.3 Å². The fourth-order valence-electron chi connectivity index (χ4n) is 2.81. The highest BCUT2D eigenvalue weighted by Gasteiger charge is 2.25. The smallest absolute Gasteiger partial charge is 0.275 e. The molecule has 0 radical (unpaired) electrons. The predicted molar refractivity (Wildman–Crippen MR) is 94.9 cm³/mol. The Morgan fingerprint density at radius 2 is 2.33 bits per heavy atom. The summed E-state index contributed by atoms with van der Waals surface area (Å²) in [5, 5.41) is 5.99. The van der Waals surface area contributed by atoms with Crippen LogP contribution in [0.25, 0.3) is 0 Å². The van der Waals surface area contributed by atoms with Gasteiger partial charge in [-0.25, -0.2) is 4.98 Å². The van der Waals surface area contributed by atoms with Gasteiger partial charge in [0.1, 0.15) is 0 Å². The molecule has 2 rings (SSSR count). The molecule has 0 aliphatic carbocycles. The number of anilines is 1. The van der Waals surface area contributed by atoms with Crippen LogP contribution in [0.5, 0.6) is 5.88 Å². The number of amides is 1. The number of carbonyl (C=O) groups is 1. The van der Waals surface area contributed by atoms with Crippen molar-refractivity contribution in [1.82, 2.24) is 20.2 Å². The molecule has 2 heterocycles. The number of nitrogens with one attached hydrogen (secondary N) is 2. The summed E-state index contributed by atoms with van der Waals surface area (Å²) in [6.45, 7) is 8.87. The van der Waals surface area contributed by atoms with Gasteiger partial charge in [0.05, 0.1) is 7.11 Å². The number of hydrogen-bond acceptors (Lipinski definition) is 6. The van der Waals surface area contributed by atoms with Crippen LogP contribution >= 0.6 is 11.6 Å². The molecular weight excluding hydrogens is 330 g/mol. The number of halogens is 1. The van der Waals surface area contributed by atoms with Crippen molar-refractivity contribution in [3.63, 3.8) is 0 Å². The van der Waals surface area contributed by atoms with E-state index in [1.54, 1.807) is 6.08 Å². The van der Waals surface area contributed by atoms with Crippen molar-refractivity contribution in [3.05, 3.63) is 23.5 Å². The number of rotatable bonds is 8. The Morgan fingerprint density at radius 1 is 1.54 bits per heavy atom. The van der Waals surface area contributed by atoms with E-state index in [1.807, 2.05) is 0 Å². The second-order valence-electron chi connectivity index (χ2n) is 5.53. The molecule has 24 heavy (non-hydrogen) atoms. The van der Waals surface area contributed by atoms with Gasteiger partial charge in [-0.15, -0.1) is 6.58 Å². The molecule has 132 valence electrons. The molecule has 1 saturated heterocycles. The largest absolute Gasteiger partial charge is 0.479 e. The van der Waals surface area contributed by atoms with Gasteiger partial charge in [0.25, 0.3) is 5.91 Å². The van der Waals surface area contributed by atoms with Gasteiger partial charge in [-0.3, -0.25) is 9.69 Å². The minimum atomic E-state index is -0.334. The molecule has 2 N–H and O–H groups in total. The highest BCUT2D eigenvalue weighted by atomic mass is 35.5. The van der Waals surface area contributed by atoms with Gasteiger partial charge in [-0.1, -0.05) is 24.6 Å². The van der Waals surface area contributed by atoms with Crippen molar-refractivity contribution < 1.29 is 9.53 Å². The summed E-state index contributed by atoms with van der Waals surface area (Å²) >= 11 is 6.10. The van der Waals surface area contributed by atoms with Crippen molar-refractivity contribution >= 4 is 23.3 Å². The maximum Gasteiger partial charge on any atom is 0.275 e. The summed E-state index contributed by atoms with van der Waals surface area (Å²) < 4.78 is 5.19. The van der Waals surface area contributed by atoms with Crippen LogP contribution in [-0.2, 0) is 0 Å². The highest BCUT2D eigenvalue weighted by molar-refractivity contribution is 6.31. The van der Waals surface area contributed by atoms with Crippen molar-refractivity contribution in [1.29, 1.82) is 0 Å². The summed E-state index contributed by atoms with van der Waals surface area (Å²) in [6, 6.07) is 0.363. The number of methoxy groups -OCH3 is 1. The van der Waals surface area contributed by atoms with E-state index in [2.05, 4.69) is 39.0 Å². The SMILES string of the molecule is C=CCNc1nc(OC)c(C(=O)NCC2CCCN2CC)nc1Cl. The van der Waals surface area contributed by atoms with E-state index < -0.39 is 0 Å². The van der Waals surface area contributed by atoms with Crippen molar-refractivity contribution in [3.8, 4) is 5.88 Å². The maximum absolute atomic E-state index is 12.4. The van der Waals surface area contributed by atoms with Crippen LogP contribution in [-0.4, -0.2) is 60.1 Å². The second-order valence-corrected chi connectivity index (χ2v) is 5.88. The first-order valence-corrected chi connectivity index (χ1v) is 8.47. The third-order valence-corrected chi connectivity index (χ3v) is 4.31. The van der Waals surface area contributed by atoms with Crippen LogP contribution in [0, 0.1) is 0 Å². The lowest BCUT2D eigenvalue weighted by molar-refractivity contribution is 0.0932. The van der Waals surface area contributed by atoms with Crippen molar-refractivity contribution in [2.75, 3.05) is 38.6 Å². The zero-order valence-corrected chi connectivity index (χ0v) is 14.9. The summed E-state index contributed by atoms with van der Waals surface area (Å²) in [7, 11) is 1.45. The monoisotopic (exact) mass is 353 g/mol. The highest BCUT2D eigenvalue weighted by Crippen LogP contribution is 2.23. The standard InChI is InChI=1S/C16H24ClN5O2/c1-4-8-18-14-13(17)20-12(16(21-14)24-3)15(23)19-10-11-7-6-9-22(11)5-2/h4,11H,1,5-10H2,2-3H3,(H,18,21)(H,19,23). The normalized spacial score (nSPS) is 17.5. The molecule has 7 nitrogen and oxygen atoms in total. The molecular formula is C16H24ClN5O2. The van der Waals surface area contributed by atoms with Gasteiger partial charge < -0.3 is 15.4 Å². The van der Waals surface area contributed by atoms with E-state index in [9.17, 15) is 4.79 Å². The average Bonchev–Trinajstić information content (AvgIpc) is 3.05. The predicted octanol–water partition coefficient (Wildman–Crippen LogP) is 1.95. The number of hydrogen-bond donors (Lipinski definition) is 2. The summed E-state index contributed by atoms with van der Waals surface area (Å²) in [6.07, 6.45) is 3.92. The van der Waals surface area contributed by atoms with E-state index in [1.165, 1.54) is 7.11 Å². The molecule has 0 saturated carbocycles. The van der Waals surface area contributed by atoms with E-state index in [-0.39, 0.29) is 22.6 Å². The van der Waals surface area contributed by atoms with E-state index in [0.29, 0.717) is 24.9 Å². The first kappa shape index (κ1) is 18.5. The number of ether oxygens (including phenoxy) is 1. The average molecular weight is 354 g/mol. The van der Waals surface area contributed by atoms with E-state index >= 15 is 0 Å². The van der Waals surface area contributed by atoms with Crippen LogP contribution in [0.3, 0.4) is 0 Å². The number of aromatic nitrogens is 2. The number of likely N-dealkylation sites (tertiary alicyclic amines) is 1. The van der Waals surface area contributed by atoms with Crippen LogP contribution in [0.15, 0.2) is 12.7 Å². The minimum absolute atomic E-state index is 0.0905. The van der Waals surface area contributed by atoms with Crippen molar-refractivity contribution in [2.45, 2.75) is 25.8 Å². The molecule has 1 fully saturated rings. The second kappa shape index (κ2) is 8.84. The van der Waals surface area contributed by atoms with Gasteiger partial charge in [0, 0.05) is 19.1 Å². The van der Waals surface area contributed by atoms with Gasteiger partial charge in [-0.2, -0.15) is 4.98 Å². The molecule has 0 aromatic carbocycles. The van der Waals surface area contributed by atoms with E-state index in [4.69, 9.17) is 16.3 Å². The lowest BCUT2D eigenvalue weighted by Crippen LogP contribution is -2.40. The number of likely N-dealkylation sites (N-methyl/N-ethyl adjacent to an activating group) is 1. The molecule has 1 amide bonds. The van der Waals surface area contributed by atoms with Crippen LogP contribution in [0.4, 0.5) is 5.82 Å². The number of nitrogens with zero attached hydrogens (tertiary/aromatic N) is 3. The molecule has 1 aromatic rings. The Morgan fingerprint density at radius 3 is 3.00 bits per heavy atom. The van der Waals surface area contributed by atoms with Crippen LogP contribution < -0.4 is 15.4 Å². The molecule has 1 aromatic heterocycles. The van der Waals surface area contributed by atoms with Crippen LogP contribution in [0.2, 0.25) is 5.15 Å². The van der Waals surface area contributed by atoms with Gasteiger partial charge in [0.2, 0.25) is 5.88 Å². The van der Waals surface area contributed by atoms with Gasteiger partial charge in [0.15, 0.2) is 16.7 Å². The van der Waals surface area contributed by atoms with Crippen molar-refractivity contribution in [2.24, 2.45) is 0 Å². The molecule has 8 heteroatoms. The lowest BCUT2D eigenvalue weighted by atomic mass is 10.2. The van der Waals surface area contributed by atoms with Gasteiger partial charge in [-0.05, 0) is 25.9 Å². The third-order valence-electron chi connectivity index (χ3n) is 4.05. The zero-order valence-electron chi connectivity index (χ0n) is 14.1. The Kier molecular flexibility index (Phi) is 6.81. The Balaban J connectivity index is 2.07. The molecule has 1 atom stereocenters. The molecule has 0 spiro atoms. The Labute approximate surface area is 147 Å². The molecule has 1 aliphatic rings. The van der Waals surface area contributed by atoms with Gasteiger partial charge >= 0.3 is 0 Å². The fraction of sp³-hybridized carbons (Fsp3) is 0.562. The quantitative estimate of drug-likeness (QED) is 0.695. The first-order valence-electron chi connectivity index (χ1n) is 8.09.